The van der Waals surface area contributed by atoms with Gasteiger partial charge in [0.15, 0.2) is 0 Å². The third-order valence-corrected chi connectivity index (χ3v) is 4.49. The number of rotatable bonds is 8. The number of fused-ring (bicyclic) bond motifs is 1. The Bertz CT molecular complexity index is 575. The molecule has 0 aromatic heterocycles. The number of hydrogen-bond acceptors (Lipinski definition) is 3. The third kappa shape index (κ3) is 5.21. The van der Waals surface area contributed by atoms with E-state index in [0.717, 1.165) is 31.1 Å². The summed E-state index contributed by atoms with van der Waals surface area (Å²) in [7, 11) is 0. The van der Waals surface area contributed by atoms with Gasteiger partial charge in [0.1, 0.15) is 0 Å². The van der Waals surface area contributed by atoms with Gasteiger partial charge in [-0.05, 0) is 49.8 Å². The number of nitrogens with one attached hydrogen (secondary N) is 2. The Morgan fingerprint density at radius 3 is 2.79 bits per heavy atom. The molecule has 1 aliphatic heterocycles. The molecule has 2 aliphatic rings. The number of nitrogens with zero attached hydrogens (tertiary/aromatic N) is 1. The van der Waals surface area contributed by atoms with Gasteiger partial charge in [-0.3, -0.25) is 9.59 Å². The largest absolute Gasteiger partial charge is 0.355 e. The van der Waals surface area contributed by atoms with Crippen LogP contribution in [-0.4, -0.2) is 38.0 Å². The number of para-hydroxylation sites is 1. The maximum Gasteiger partial charge on any atom is 0.233 e. The molecule has 3 rings (SSSR count). The van der Waals surface area contributed by atoms with Crippen LogP contribution >= 0.6 is 12.4 Å². The summed E-state index contributed by atoms with van der Waals surface area (Å²) in [6.45, 7) is 2.66. The molecule has 2 amide bonds. The zero-order valence-electron chi connectivity index (χ0n) is 13.9. The average molecular weight is 352 g/mol. The van der Waals surface area contributed by atoms with Crippen molar-refractivity contribution in [3.8, 4) is 0 Å². The van der Waals surface area contributed by atoms with Gasteiger partial charge in [-0.2, -0.15) is 0 Å². The van der Waals surface area contributed by atoms with Crippen LogP contribution in [0.2, 0.25) is 0 Å². The van der Waals surface area contributed by atoms with E-state index in [1.54, 1.807) is 0 Å². The fraction of sp³-hybridized carbons (Fsp3) is 0.556. The second-order valence-electron chi connectivity index (χ2n) is 6.45. The number of amides is 2. The highest BCUT2D eigenvalue weighted by molar-refractivity contribution is 5.95. The molecule has 1 aromatic carbocycles. The summed E-state index contributed by atoms with van der Waals surface area (Å²) < 4.78 is 0. The molecule has 1 fully saturated rings. The molecular formula is C18H26ClN3O2. The van der Waals surface area contributed by atoms with E-state index in [2.05, 4.69) is 16.7 Å². The maximum atomic E-state index is 12.3. The van der Waals surface area contributed by atoms with Gasteiger partial charge in [0.05, 0.1) is 6.54 Å². The van der Waals surface area contributed by atoms with Crippen molar-refractivity contribution < 1.29 is 9.59 Å². The van der Waals surface area contributed by atoms with Crippen LogP contribution in [0.25, 0.3) is 0 Å². The third-order valence-electron chi connectivity index (χ3n) is 4.49. The molecule has 132 valence electrons. The van der Waals surface area contributed by atoms with Crippen LogP contribution in [0.5, 0.6) is 0 Å². The molecule has 0 radical (unpaired) electrons. The second kappa shape index (κ2) is 9.04. The molecule has 0 bridgehead atoms. The first kappa shape index (κ1) is 18.7. The summed E-state index contributed by atoms with van der Waals surface area (Å²) in [4.78, 5) is 25.8. The quantitative estimate of drug-likeness (QED) is 0.703. The molecule has 0 saturated heterocycles. The molecule has 0 spiro atoms. The van der Waals surface area contributed by atoms with E-state index in [-0.39, 0.29) is 24.2 Å². The Morgan fingerprint density at radius 1 is 1.21 bits per heavy atom. The fourth-order valence-electron chi connectivity index (χ4n) is 2.97. The molecule has 1 heterocycles. The minimum absolute atomic E-state index is 0. The van der Waals surface area contributed by atoms with E-state index in [0.29, 0.717) is 25.9 Å². The predicted molar refractivity (Wildman–Crippen MR) is 97.6 cm³/mol. The Hall–Kier alpha value is -1.59. The summed E-state index contributed by atoms with van der Waals surface area (Å²) in [5, 5.41) is 6.04. The van der Waals surface area contributed by atoms with E-state index in [4.69, 9.17) is 0 Å². The van der Waals surface area contributed by atoms with E-state index in [9.17, 15) is 9.59 Å². The lowest BCUT2D eigenvalue weighted by atomic mass is 10.2. The van der Waals surface area contributed by atoms with Crippen molar-refractivity contribution in [2.24, 2.45) is 5.92 Å². The number of hydrogen-bond donors (Lipinski definition) is 2. The van der Waals surface area contributed by atoms with E-state index >= 15 is 0 Å². The van der Waals surface area contributed by atoms with Crippen molar-refractivity contribution in [1.29, 1.82) is 0 Å². The van der Waals surface area contributed by atoms with Gasteiger partial charge in [0.25, 0.3) is 0 Å². The Balaban J connectivity index is 0.00000208. The van der Waals surface area contributed by atoms with Crippen LogP contribution in [0.3, 0.4) is 0 Å². The number of halogens is 1. The molecule has 5 nitrogen and oxygen atoms in total. The number of anilines is 1. The van der Waals surface area contributed by atoms with Crippen LogP contribution in [0, 0.1) is 5.92 Å². The first-order valence-corrected chi connectivity index (χ1v) is 8.60. The standard InChI is InChI=1S/C18H25N3O2.ClH/c22-17(13-19-12-14-7-8-14)20-10-3-6-18(23)21-11-9-15-4-1-2-5-16(15)21;/h1-2,4-5,14,19H,3,6-13H2,(H,20,22);1H. The number of carbonyl (C=O) groups excluding carboxylic acids is 2. The van der Waals surface area contributed by atoms with Crippen molar-refractivity contribution in [3.63, 3.8) is 0 Å². The van der Waals surface area contributed by atoms with Gasteiger partial charge in [-0.25, -0.2) is 0 Å². The van der Waals surface area contributed by atoms with Gasteiger partial charge in [0.2, 0.25) is 11.8 Å². The first-order chi connectivity index (χ1) is 11.2. The molecular weight excluding hydrogens is 326 g/mol. The molecule has 1 saturated carbocycles. The highest BCUT2D eigenvalue weighted by Crippen LogP contribution is 2.28. The molecule has 1 aromatic rings. The van der Waals surface area contributed by atoms with Crippen molar-refractivity contribution >= 4 is 29.9 Å². The maximum absolute atomic E-state index is 12.3. The Labute approximate surface area is 149 Å². The fourth-order valence-corrected chi connectivity index (χ4v) is 2.97. The van der Waals surface area contributed by atoms with Gasteiger partial charge in [-0.1, -0.05) is 18.2 Å². The van der Waals surface area contributed by atoms with Crippen LogP contribution in [0.1, 0.15) is 31.2 Å². The van der Waals surface area contributed by atoms with Gasteiger partial charge in [-0.15, -0.1) is 12.4 Å². The minimum Gasteiger partial charge on any atom is -0.355 e. The first-order valence-electron chi connectivity index (χ1n) is 8.60. The Morgan fingerprint density at radius 2 is 2.00 bits per heavy atom. The smallest absolute Gasteiger partial charge is 0.233 e. The molecule has 0 atom stereocenters. The van der Waals surface area contributed by atoms with Gasteiger partial charge >= 0.3 is 0 Å². The lowest BCUT2D eigenvalue weighted by molar-refractivity contribution is -0.121. The summed E-state index contributed by atoms with van der Waals surface area (Å²) >= 11 is 0. The molecule has 1 aliphatic carbocycles. The van der Waals surface area contributed by atoms with E-state index < -0.39 is 0 Å². The molecule has 24 heavy (non-hydrogen) atoms. The van der Waals surface area contributed by atoms with Crippen LogP contribution in [0.15, 0.2) is 24.3 Å². The lowest BCUT2D eigenvalue weighted by Crippen LogP contribution is -2.36. The van der Waals surface area contributed by atoms with Crippen molar-refractivity contribution in [2.45, 2.75) is 32.1 Å². The Kier molecular flexibility index (Phi) is 7.06. The number of carbonyl (C=O) groups is 2. The monoisotopic (exact) mass is 351 g/mol. The number of benzene rings is 1. The zero-order valence-corrected chi connectivity index (χ0v) is 14.7. The molecule has 0 unspecified atom stereocenters. The van der Waals surface area contributed by atoms with Crippen LogP contribution in [-0.2, 0) is 16.0 Å². The summed E-state index contributed by atoms with van der Waals surface area (Å²) in [6.07, 6.45) is 4.67. The highest BCUT2D eigenvalue weighted by atomic mass is 35.5. The summed E-state index contributed by atoms with van der Waals surface area (Å²) in [5.41, 5.74) is 2.29. The predicted octanol–water partition coefficient (Wildman–Crippen LogP) is 1.89. The minimum atomic E-state index is 0. The van der Waals surface area contributed by atoms with Gasteiger partial charge < -0.3 is 15.5 Å². The van der Waals surface area contributed by atoms with Crippen LogP contribution in [0.4, 0.5) is 5.69 Å². The summed E-state index contributed by atoms with van der Waals surface area (Å²) in [5.74, 6) is 0.949. The molecule has 2 N–H and O–H groups in total. The highest BCUT2D eigenvalue weighted by Gasteiger charge is 2.23. The molecule has 6 heteroatoms. The van der Waals surface area contributed by atoms with Crippen molar-refractivity contribution in [1.82, 2.24) is 10.6 Å². The van der Waals surface area contributed by atoms with Gasteiger partial charge in [0, 0.05) is 25.2 Å². The van der Waals surface area contributed by atoms with E-state index in [1.165, 1.54) is 18.4 Å². The topological polar surface area (TPSA) is 61.4 Å². The lowest BCUT2D eigenvalue weighted by Gasteiger charge is -2.17. The van der Waals surface area contributed by atoms with Crippen LogP contribution < -0.4 is 15.5 Å². The second-order valence-corrected chi connectivity index (χ2v) is 6.45. The SMILES string of the molecule is Cl.O=C(CNCC1CC1)NCCCC(=O)N1CCc2ccccc21. The normalized spacial score (nSPS) is 15.6. The van der Waals surface area contributed by atoms with Crippen molar-refractivity contribution in [3.05, 3.63) is 29.8 Å². The zero-order chi connectivity index (χ0) is 16.1. The van der Waals surface area contributed by atoms with E-state index in [1.807, 2.05) is 23.1 Å². The summed E-state index contributed by atoms with van der Waals surface area (Å²) in [6, 6.07) is 8.07. The average Bonchev–Trinajstić information content (AvgIpc) is 3.28. The van der Waals surface area contributed by atoms with Crippen molar-refractivity contribution in [2.75, 3.05) is 31.1 Å².